The fourth-order valence-corrected chi connectivity index (χ4v) is 2.48. The molecule has 1 aromatic carbocycles. The lowest BCUT2D eigenvalue weighted by molar-refractivity contribution is -0.136. The summed E-state index contributed by atoms with van der Waals surface area (Å²) in [6.45, 7) is 2.06. The van der Waals surface area contributed by atoms with Crippen LogP contribution in [-0.4, -0.2) is 25.0 Å². The van der Waals surface area contributed by atoms with Crippen LogP contribution in [0.1, 0.15) is 24.1 Å². The molecule has 0 fully saturated rings. The highest BCUT2D eigenvalue weighted by atomic mass is 35.5. The van der Waals surface area contributed by atoms with Gasteiger partial charge >= 0.3 is 12.0 Å². The second kappa shape index (κ2) is 6.63. The first-order chi connectivity index (χ1) is 10.1. The van der Waals surface area contributed by atoms with Gasteiger partial charge in [-0.2, -0.15) is 0 Å². The number of hydrogen-bond donors (Lipinski definition) is 2. The molecule has 5 nitrogen and oxygen atoms in total. The molecule has 6 heteroatoms. The van der Waals surface area contributed by atoms with E-state index in [0.29, 0.717) is 11.3 Å². The Hall–Kier alpha value is -2.01. The SMILES string of the molecule is CCc1ccc([C@H]2NC(=O)NC(CCl)=C2C(=O)OC)cc1. The van der Waals surface area contributed by atoms with Crippen LogP contribution in [-0.2, 0) is 16.0 Å². The van der Waals surface area contributed by atoms with Crippen molar-refractivity contribution in [3.8, 4) is 0 Å². The number of esters is 1. The summed E-state index contributed by atoms with van der Waals surface area (Å²) in [5.74, 6) is -0.482. The summed E-state index contributed by atoms with van der Waals surface area (Å²) >= 11 is 5.83. The molecule has 1 aliphatic rings. The molecule has 0 unspecified atom stereocenters. The molecule has 0 aliphatic carbocycles. The largest absolute Gasteiger partial charge is 0.466 e. The standard InChI is InChI=1S/C15H17ClN2O3/c1-3-9-4-6-10(7-5-9)13-12(14(19)21-2)11(8-16)17-15(20)18-13/h4-7,13H,3,8H2,1-2H3,(H2,17,18,20)/t13-/m1/s1. The van der Waals surface area contributed by atoms with E-state index in [4.69, 9.17) is 16.3 Å². The monoisotopic (exact) mass is 308 g/mol. The zero-order valence-electron chi connectivity index (χ0n) is 11.9. The van der Waals surface area contributed by atoms with E-state index in [1.807, 2.05) is 24.3 Å². The maximum absolute atomic E-state index is 12.0. The number of ether oxygens (including phenoxy) is 1. The Bertz CT molecular complexity index is 581. The fourth-order valence-electron chi connectivity index (χ4n) is 2.27. The van der Waals surface area contributed by atoms with Gasteiger partial charge in [-0.3, -0.25) is 0 Å². The Balaban J connectivity index is 2.46. The third-order valence-electron chi connectivity index (χ3n) is 3.41. The molecular formula is C15H17ClN2O3. The van der Waals surface area contributed by atoms with E-state index in [-0.39, 0.29) is 11.9 Å². The minimum Gasteiger partial charge on any atom is -0.466 e. The van der Waals surface area contributed by atoms with Crippen molar-refractivity contribution < 1.29 is 14.3 Å². The lowest BCUT2D eigenvalue weighted by Gasteiger charge is -2.28. The summed E-state index contributed by atoms with van der Waals surface area (Å²) in [7, 11) is 1.30. The van der Waals surface area contributed by atoms with Crippen LogP contribution in [0.25, 0.3) is 0 Å². The van der Waals surface area contributed by atoms with Crippen LogP contribution in [0.4, 0.5) is 4.79 Å². The number of carbonyl (C=O) groups excluding carboxylic acids is 2. The van der Waals surface area contributed by atoms with Crippen LogP contribution in [0, 0.1) is 0 Å². The van der Waals surface area contributed by atoms with E-state index in [1.54, 1.807) is 0 Å². The summed E-state index contributed by atoms with van der Waals surface area (Å²) in [4.78, 5) is 23.7. The number of urea groups is 1. The molecule has 1 atom stereocenters. The molecule has 0 aromatic heterocycles. The van der Waals surface area contributed by atoms with Gasteiger partial charge in [0, 0.05) is 5.70 Å². The third-order valence-corrected chi connectivity index (χ3v) is 3.68. The number of benzene rings is 1. The first-order valence-electron chi connectivity index (χ1n) is 6.64. The van der Waals surface area contributed by atoms with Gasteiger partial charge < -0.3 is 15.4 Å². The van der Waals surface area contributed by atoms with Crippen LogP contribution < -0.4 is 10.6 Å². The molecule has 112 valence electrons. The zero-order valence-corrected chi connectivity index (χ0v) is 12.7. The summed E-state index contributed by atoms with van der Waals surface area (Å²) in [5, 5.41) is 5.28. The number of amides is 2. The van der Waals surface area contributed by atoms with Gasteiger partial charge in [0.15, 0.2) is 0 Å². The van der Waals surface area contributed by atoms with Gasteiger partial charge in [-0.1, -0.05) is 31.2 Å². The van der Waals surface area contributed by atoms with Gasteiger partial charge in [-0.05, 0) is 17.5 Å². The Morgan fingerprint density at radius 1 is 1.33 bits per heavy atom. The lowest BCUT2D eigenvalue weighted by Crippen LogP contribution is -2.46. The summed E-state index contributed by atoms with van der Waals surface area (Å²) in [5.41, 5.74) is 2.69. The zero-order chi connectivity index (χ0) is 15.4. The predicted octanol–water partition coefficient (Wildman–Crippen LogP) is 2.27. The molecule has 0 saturated heterocycles. The van der Waals surface area contributed by atoms with E-state index in [2.05, 4.69) is 17.6 Å². The van der Waals surface area contributed by atoms with Crippen LogP contribution in [0.5, 0.6) is 0 Å². The maximum atomic E-state index is 12.0. The first kappa shape index (κ1) is 15.4. The van der Waals surface area contributed by atoms with E-state index >= 15 is 0 Å². The van der Waals surface area contributed by atoms with E-state index in [0.717, 1.165) is 12.0 Å². The van der Waals surface area contributed by atoms with Gasteiger partial charge in [0.05, 0.1) is 24.6 Å². The van der Waals surface area contributed by atoms with Crippen molar-refractivity contribution in [1.82, 2.24) is 10.6 Å². The average Bonchev–Trinajstić information content (AvgIpc) is 2.53. The Labute approximate surface area is 128 Å². The van der Waals surface area contributed by atoms with Crippen molar-refractivity contribution in [2.45, 2.75) is 19.4 Å². The number of carbonyl (C=O) groups is 2. The quantitative estimate of drug-likeness (QED) is 0.662. The number of nitrogens with one attached hydrogen (secondary N) is 2. The second-order valence-corrected chi connectivity index (χ2v) is 4.91. The second-order valence-electron chi connectivity index (χ2n) is 4.64. The van der Waals surface area contributed by atoms with Crippen LogP contribution in [0.3, 0.4) is 0 Å². The highest BCUT2D eigenvalue weighted by molar-refractivity contribution is 6.20. The molecule has 1 aromatic rings. The topological polar surface area (TPSA) is 67.4 Å². The molecule has 0 spiro atoms. The molecule has 2 N–H and O–H groups in total. The van der Waals surface area contributed by atoms with Crippen molar-refractivity contribution in [2.75, 3.05) is 13.0 Å². The molecule has 0 saturated carbocycles. The Kier molecular flexibility index (Phi) is 4.85. The van der Waals surface area contributed by atoms with Crippen molar-refractivity contribution in [3.63, 3.8) is 0 Å². The minimum atomic E-state index is -0.564. The van der Waals surface area contributed by atoms with E-state index < -0.39 is 12.0 Å². The smallest absolute Gasteiger partial charge is 0.338 e. The predicted molar refractivity (Wildman–Crippen MR) is 80.0 cm³/mol. The summed E-state index contributed by atoms with van der Waals surface area (Å²) in [6, 6.07) is 6.78. The number of alkyl halides is 1. The molecule has 0 bridgehead atoms. The highest BCUT2D eigenvalue weighted by Crippen LogP contribution is 2.28. The van der Waals surface area contributed by atoms with Crippen molar-refractivity contribution >= 4 is 23.6 Å². The summed E-state index contributed by atoms with van der Waals surface area (Å²) < 4.78 is 4.81. The third kappa shape index (κ3) is 3.19. The van der Waals surface area contributed by atoms with Gasteiger partial charge in [0.25, 0.3) is 0 Å². The maximum Gasteiger partial charge on any atom is 0.338 e. The van der Waals surface area contributed by atoms with Crippen LogP contribution in [0.15, 0.2) is 35.5 Å². The van der Waals surface area contributed by atoms with Crippen LogP contribution in [0.2, 0.25) is 0 Å². The number of hydrogen-bond acceptors (Lipinski definition) is 3. The molecule has 2 amide bonds. The number of rotatable bonds is 4. The van der Waals surface area contributed by atoms with Gasteiger partial charge in [0.2, 0.25) is 0 Å². The number of methoxy groups -OCH3 is 1. The van der Waals surface area contributed by atoms with Gasteiger partial charge in [-0.25, -0.2) is 9.59 Å². The normalized spacial score (nSPS) is 18.0. The Morgan fingerprint density at radius 2 is 2.00 bits per heavy atom. The summed E-state index contributed by atoms with van der Waals surface area (Å²) in [6.07, 6.45) is 0.922. The lowest BCUT2D eigenvalue weighted by atomic mass is 9.94. The first-order valence-corrected chi connectivity index (χ1v) is 7.17. The number of halogens is 1. The number of allylic oxidation sites excluding steroid dienone is 1. The fraction of sp³-hybridized carbons (Fsp3) is 0.333. The molecule has 2 rings (SSSR count). The average molecular weight is 309 g/mol. The van der Waals surface area contributed by atoms with Gasteiger partial charge in [0.1, 0.15) is 0 Å². The van der Waals surface area contributed by atoms with Crippen molar-refractivity contribution in [2.24, 2.45) is 0 Å². The minimum absolute atomic E-state index is 0.0292. The van der Waals surface area contributed by atoms with E-state index in [9.17, 15) is 9.59 Å². The van der Waals surface area contributed by atoms with Gasteiger partial charge in [-0.15, -0.1) is 11.6 Å². The van der Waals surface area contributed by atoms with Crippen molar-refractivity contribution in [1.29, 1.82) is 0 Å². The van der Waals surface area contributed by atoms with E-state index in [1.165, 1.54) is 12.7 Å². The highest BCUT2D eigenvalue weighted by Gasteiger charge is 2.32. The molecular weight excluding hydrogens is 292 g/mol. The van der Waals surface area contributed by atoms with Crippen LogP contribution >= 0.6 is 11.6 Å². The molecule has 1 heterocycles. The molecule has 0 radical (unpaired) electrons. The molecule has 1 aliphatic heterocycles. The Morgan fingerprint density at radius 3 is 2.52 bits per heavy atom. The van der Waals surface area contributed by atoms with Crippen molar-refractivity contribution in [3.05, 3.63) is 46.7 Å². The number of aryl methyl sites for hydroxylation is 1. The molecule has 21 heavy (non-hydrogen) atoms.